The van der Waals surface area contributed by atoms with Crippen molar-refractivity contribution in [1.29, 1.82) is 0 Å². The molecule has 0 spiro atoms. The van der Waals surface area contributed by atoms with Crippen LogP contribution in [0.1, 0.15) is 13.2 Å². The number of rotatable bonds is 5. The number of nitrogens with one attached hydrogen (secondary N) is 2. The number of aromatic nitrogens is 4. The highest BCUT2D eigenvalue weighted by molar-refractivity contribution is 9.10. The number of aliphatic hydroxyl groups excluding tert-OH is 2. The lowest BCUT2D eigenvalue weighted by atomic mass is 10.1. The minimum absolute atomic E-state index is 0.0216. The number of anilines is 1. The fourth-order valence-electron chi connectivity index (χ4n) is 2.66. The van der Waals surface area contributed by atoms with Gasteiger partial charge in [0, 0.05) is 6.92 Å². The van der Waals surface area contributed by atoms with Crippen LogP contribution in [0.5, 0.6) is 0 Å². The number of amides is 1. The Morgan fingerprint density at radius 3 is 2.68 bits per heavy atom. The summed E-state index contributed by atoms with van der Waals surface area (Å²) in [5.41, 5.74) is -0.893. The molecule has 0 saturated carbocycles. The van der Waals surface area contributed by atoms with Crippen LogP contribution in [0.2, 0.25) is 0 Å². The number of fused-ring (bicyclic) bond motifs is 1. The predicted octanol–water partition coefficient (Wildman–Crippen LogP) is -1.43. The Kier molecular flexibility index (Phi) is 5.71. The summed E-state index contributed by atoms with van der Waals surface area (Å²) < 4.78 is 21.8. The molecule has 16 heteroatoms. The molecule has 0 radical (unpaired) electrons. The third-order valence-corrected chi connectivity index (χ3v) is 4.85. The maximum Gasteiger partial charge on any atom is 0.469 e. The van der Waals surface area contributed by atoms with Gasteiger partial charge in [-0.1, -0.05) is 0 Å². The van der Waals surface area contributed by atoms with E-state index in [0.29, 0.717) is 0 Å². The zero-order valence-corrected chi connectivity index (χ0v) is 16.5. The Bertz CT molecular complexity index is 1020. The van der Waals surface area contributed by atoms with E-state index >= 15 is 0 Å². The standard InChI is InChI=1S/C12H15BrN5O9P/c1-3(19)14-12-16-8-5(9(22)17-12)15-11(13)18(8)10-7(21)6(20)4(27-10)2-26-28(23,24)25/h4,6-7,10,20-21H,2H2,1H3,(H2,23,24,25)(H2,14,16,17,19,22)/t4-,6-,7-,10-/m1/s1. The summed E-state index contributed by atoms with van der Waals surface area (Å²) in [5.74, 6) is -0.664. The maximum absolute atomic E-state index is 12.2. The summed E-state index contributed by atoms with van der Waals surface area (Å²) in [4.78, 5) is 51.3. The van der Waals surface area contributed by atoms with Crippen LogP contribution in [0.4, 0.5) is 5.95 Å². The normalized spacial score (nSPS) is 25.4. The van der Waals surface area contributed by atoms with Gasteiger partial charge >= 0.3 is 7.82 Å². The third-order valence-electron chi connectivity index (χ3n) is 3.80. The number of phosphoric ester groups is 1. The molecule has 1 aliphatic rings. The van der Waals surface area contributed by atoms with Gasteiger partial charge in [0.25, 0.3) is 5.56 Å². The summed E-state index contributed by atoms with van der Waals surface area (Å²) in [7, 11) is -4.82. The van der Waals surface area contributed by atoms with Crippen molar-refractivity contribution in [3.63, 3.8) is 0 Å². The molecule has 3 heterocycles. The summed E-state index contributed by atoms with van der Waals surface area (Å²) in [6.07, 6.45) is -5.73. The minimum atomic E-state index is -4.82. The number of hydrogen-bond donors (Lipinski definition) is 6. The van der Waals surface area contributed by atoms with E-state index in [2.05, 4.69) is 40.7 Å². The third kappa shape index (κ3) is 4.16. The van der Waals surface area contributed by atoms with Gasteiger partial charge in [-0.2, -0.15) is 4.98 Å². The van der Waals surface area contributed by atoms with Crippen LogP contribution >= 0.6 is 23.8 Å². The van der Waals surface area contributed by atoms with Crippen LogP contribution in [0, 0.1) is 0 Å². The van der Waals surface area contributed by atoms with E-state index in [1.165, 1.54) is 6.92 Å². The van der Waals surface area contributed by atoms with Crippen molar-refractivity contribution in [3.05, 3.63) is 15.1 Å². The Balaban J connectivity index is 1.99. The number of aromatic amines is 1. The van der Waals surface area contributed by atoms with Crippen LogP contribution in [0.3, 0.4) is 0 Å². The molecule has 28 heavy (non-hydrogen) atoms. The van der Waals surface area contributed by atoms with Crippen LogP contribution in [0.15, 0.2) is 9.53 Å². The molecule has 1 fully saturated rings. The smallest absolute Gasteiger partial charge is 0.387 e. The fraction of sp³-hybridized carbons (Fsp3) is 0.500. The molecule has 2 aromatic heterocycles. The molecule has 154 valence electrons. The van der Waals surface area contributed by atoms with Gasteiger partial charge in [0.05, 0.1) is 6.61 Å². The number of nitrogens with zero attached hydrogens (tertiary/aromatic N) is 3. The van der Waals surface area contributed by atoms with Crippen molar-refractivity contribution in [2.75, 3.05) is 11.9 Å². The number of phosphoric acid groups is 1. The summed E-state index contributed by atoms with van der Waals surface area (Å²) >= 11 is 3.11. The second-order valence-electron chi connectivity index (χ2n) is 5.85. The van der Waals surface area contributed by atoms with Gasteiger partial charge in [0.1, 0.15) is 18.3 Å². The van der Waals surface area contributed by atoms with Gasteiger partial charge in [0.2, 0.25) is 11.9 Å². The Labute approximate surface area is 163 Å². The molecular formula is C12H15BrN5O9P. The van der Waals surface area contributed by atoms with Gasteiger partial charge < -0.3 is 24.7 Å². The van der Waals surface area contributed by atoms with E-state index in [0.717, 1.165) is 4.57 Å². The number of aliphatic hydroxyl groups is 2. The van der Waals surface area contributed by atoms with Crippen LogP contribution in [-0.4, -0.2) is 70.3 Å². The second-order valence-corrected chi connectivity index (χ2v) is 7.80. The van der Waals surface area contributed by atoms with E-state index in [1.54, 1.807) is 0 Å². The molecule has 0 aliphatic carbocycles. The lowest BCUT2D eigenvalue weighted by Gasteiger charge is -2.18. The average molecular weight is 484 g/mol. The van der Waals surface area contributed by atoms with Gasteiger partial charge in [-0.05, 0) is 15.9 Å². The molecule has 1 saturated heterocycles. The van der Waals surface area contributed by atoms with Crippen molar-refractivity contribution in [3.8, 4) is 0 Å². The number of hydrogen-bond acceptors (Lipinski definition) is 9. The highest BCUT2D eigenvalue weighted by atomic mass is 79.9. The Morgan fingerprint density at radius 1 is 1.39 bits per heavy atom. The van der Waals surface area contributed by atoms with Crippen molar-refractivity contribution in [2.45, 2.75) is 31.5 Å². The molecule has 1 aliphatic heterocycles. The molecule has 0 aromatic carbocycles. The van der Waals surface area contributed by atoms with Gasteiger partial charge in [-0.3, -0.25) is 29.0 Å². The fourth-order valence-corrected chi connectivity index (χ4v) is 3.55. The Hall–Kier alpha value is -1.71. The Morgan fingerprint density at radius 2 is 2.07 bits per heavy atom. The van der Waals surface area contributed by atoms with Crippen molar-refractivity contribution in [1.82, 2.24) is 19.5 Å². The number of carbonyl (C=O) groups is 1. The first-order valence-electron chi connectivity index (χ1n) is 7.65. The van der Waals surface area contributed by atoms with Crippen molar-refractivity contribution >= 4 is 46.8 Å². The first kappa shape index (κ1) is 21.0. The monoisotopic (exact) mass is 483 g/mol. The molecule has 3 rings (SSSR count). The quantitative estimate of drug-likeness (QED) is 0.214. The lowest BCUT2D eigenvalue weighted by molar-refractivity contribution is -0.114. The molecule has 4 atom stereocenters. The van der Waals surface area contributed by atoms with E-state index in [1.807, 2.05) is 0 Å². The highest BCUT2D eigenvalue weighted by Gasteiger charge is 2.46. The summed E-state index contributed by atoms with van der Waals surface area (Å²) in [5, 5.41) is 22.7. The van der Waals surface area contributed by atoms with E-state index < -0.39 is 50.4 Å². The van der Waals surface area contributed by atoms with Crippen molar-refractivity contribution in [2.24, 2.45) is 0 Å². The van der Waals surface area contributed by atoms with Crippen LogP contribution in [-0.2, 0) is 18.6 Å². The molecule has 14 nitrogen and oxygen atoms in total. The molecule has 1 amide bonds. The van der Waals surface area contributed by atoms with Crippen LogP contribution in [0.25, 0.3) is 11.2 Å². The average Bonchev–Trinajstić information content (AvgIpc) is 3.02. The van der Waals surface area contributed by atoms with E-state index in [-0.39, 0.29) is 21.8 Å². The minimum Gasteiger partial charge on any atom is -0.387 e. The summed E-state index contributed by atoms with van der Waals surface area (Å²) in [6.45, 7) is 0.512. The number of imidazole rings is 1. The number of halogens is 1. The van der Waals surface area contributed by atoms with Gasteiger partial charge in [-0.15, -0.1) is 0 Å². The zero-order chi connectivity index (χ0) is 20.8. The second kappa shape index (κ2) is 7.61. The van der Waals surface area contributed by atoms with Gasteiger partial charge in [-0.25, -0.2) is 9.55 Å². The lowest BCUT2D eigenvalue weighted by Crippen LogP contribution is -2.33. The van der Waals surface area contributed by atoms with Crippen LogP contribution < -0.4 is 10.9 Å². The predicted molar refractivity (Wildman–Crippen MR) is 94.1 cm³/mol. The first-order valence-corrected chi connectivity index (χ1v) is 9.97. The number of carbonyl (C=O) groups excluding carboxylic acids is 1. The molecule has 2 aromatic rings. The molecule has 0 unspecified atom stereocenters. The first-order chi connectivity index (χ1) is 13.0. The molecular weight excluding hydrogens is 469 g/mol. The summed E-state index contributed by atoms with van der Waals surface area (Å²) in [6, 6.07) is 0. The molecule has 0 bridgehead atoms. The maximum atomic E-state index is 12.2. The molecule has 6 N–H and O–H groups in total. The largest absolute Gasteiger partial charge is 0.469 e. The SMILES string of the molecule is CC(=O)Nc1nc2c(nc(Br)n2[C@@H]2O[C@H](COP(=O)(O)O)[C@@H](O)[C@H]2O)c(=O)[nH]1. The van der Waals surface area contributed by atoms with Gasteiger partial charge in [0.15, 0.2) is 22.1 Å². The topological polar surface area (TPSA) is 209 Å². The van der Waals surface area contributed by atoms with E-state index in [4.69, 9.17) is 14.5 Å². The van der Waals surface area contributed by atoms with E-state index in [9.17, 15) is 24.4 Å². The number of ether oxygens (including phenoxy) is 1. The zero-order valence-electron chi connectivity index (χ0n) is 14.0. The number of H-pyrrole nitrogens is 1. The van der Waals surface area contributed by atoms with Crippen molar-refractivity contribution < 1.29 is 38.6 Å². The highest BCUT2D eigenvalue weighted by Crippen LogP contribution is 2.39.